The largest absolute Gasteiger partial charge is 0.399 e. The van der Waals surface area contributed by atoms with Gasteiger partial charge in [0.15, 0.2) is 0 Å². The predicted octanol–water partition coefficient (Wildman–Crippen LogP) is 1.21. The van der Waals surface area contributed by atoms with Crippen LogP contribution in [0.25, 0.3) is 0 Å². The average molecular weight is 284 g/mol. The molecule has 2 N–H and O–H groups in total. The van der Waals surface area contributed by atoms with Crippen molar-refractivity contribution < 1.29 is 13.2 Å². The SMILES string of the molecule is CN(Cc1cccc(N)c1)S(=O)(=O)CC1CCCO1. The van der Waals surface area contributed by atoms with Gasteiger partial charge in [0, 0.05) is 25.9 Å². The van der Waals surface area contributed by atoms with E-state index in [0.29, 0.717) is 18.8 Å². The van der Waals surface area contributed by atoms with Crippen molar-refractivity contribution in [3.63, 3.8) is 0 Å². The average Bonchev–Trinajstić information content (AvgIpc) is 2.81. The van der Waals surface area contributed by atoms with Crippen LogP contribution < -0.4 is 5.73 Å². The molecule has 1 saturated heterocycles. The number of benzene rings is 1. The third-order valence-corrected chi connectivity index (χ3v) is 5.12. The first-order chi connectivity index (χ1) is 8.97. The molecule has 0 spiro atoms. The normalized spacial score (nSPS) is 20.0. The number of hydrogen-bond acceptors (Lipinski definition) is 4. The quantitative estimate of drug-likeness (QED) is 0.825. The summed E-state index contributed by atoms with van der Waals surface area (Å²) in [6.07, 6.45) is 1.61. The van der Waals surface area contributed by atoms with Crippen molar-refractivity contribution in [2.75, 3.05) is 25.1 Å². The molecule has 19 heavy (non-hydrogen) atoms. The highest BCUT2D eigenvalue weighted by Gasteiger charge is 2.26. The van der Waals surface area contributed by atoms with Crippen LogP contribution in [0.15, 0.2) is 24.3 Å². The van der Waals surface area contributed by atoms with E-state index >= 15 is 0 Å². The molecule has 2 rings (SSSR count). The molecule has 1 heterocycles. The summed E-state index contributed by atoms with van der Waals surface area (Å²) in [5.41, 5.74) is 7.22. The van der Waals surface area contributed by atoms with Gasteiger partial charge in [-0.15, -0.1) is 0 Å². The minimum atomic E-state index is -3.29. The van der Waals surface area contributed by atoms with Crippen molar-refractivity contribution in [3.05, 3.63) is 29.8 Å². The maximum Gasteiger partial charge on any atom is 0.216 e. The zero-order valence-corrected chi connectivity index (χ0v) is 11.9. The Labute approximate surface area is 114 Å². The summed E-state index contributed by atoms with van der Waals surface area (Å²) in [6, 6.07) is 7.27. The number of ether oxygens (including phenoxy) is 1. The molecule has 5 nitrogen and oxygen atoms in total. The monoisotopic (exact) mass is 284 g/mol. The number of sulfonamides is 1. The Morgan fingerprint density at radius 2 is 2.26 bits per heavy atom. The highest BCUT2D eigenvalue weighted by molar-refractivity contribution is 7.89. The van der Waals surface area contributed by atoms with Crippen LogP contribution in [0, 0.1) is 0 Å². The Bertz CT molecular complexity index is 524. The maximum absolute atomic E-state index is 12.2. The number of anilines is 1. The maximum atomic E-state index is 12.2. The molecule has 0 radical (unpaired) electrons. The number of nitrogens with zero attached hydrogens (tertiary/aromatic N) is 1. The Balaban J connectivity index is 1.99. The van der Waals surface area contributed by atoms with Gasteiger partial charge >= 0.3 is 0 Å². The Hall–Kier alpha value is -1.11. The van der Waals surface area contributed by atoms with Crippen LogP contribution in [-0.2, 0) is 21.3 Å². The van der Waals surface area contributed by atoms with Crippen LogP contribution in [0.1, 0.15) is 18.4 Å². The molecule has 0 bridgehead atoms. The third kappa shape index (κ3) is 3.92. The lowest BCUT2D eigenvalue weighted by Gasteiger charge is -2.19. The zero-order chi connectivity index (χ0) is 13.9. The van der Waals surface area contributed by atoms with Crippen molar-refractivity contribution in [1.29, 1.82) is 0 Å². The molecule has 6 heteroatoms. The molecule has 0 amide bonds. The van der Waals surface area contributed by atoms with Gasteiger partial charge in [0.2, 0.25) is 10.0 Å². The van der Waals surface area contributed by atoms with E-state index in [1.54, 1.807) is 19.2 Å². The van der Waals surface area contributed by atoms with E-state index in [1.165, 1.54) is 4.31 Å². The zero-order valence-electron chi connectivity index (χ0n) is 11.1. The van der Waals surface area contributed by atoms with Crippen LogP contribution in [-0.4, -0.2) is 38.2 Å². The smallest absolute Gasteiger partial charge is 0.216 e. The second-order valence-electron chi connectivity index (χ2n) is 4.91. The highest BCUT2D eigenvalue weighted by atomic mass is 32.2. The van der Waals surface area contributed by atoms with Crippen molar-refractivity contribution in [3.8, 4) is 0 Å². The second kappa shape index (κ2) is 5.90. The molecular formula is C13H20N2O3S. The van der Waals surface area contributed by atoms with Gasteiger partial charge in [0.25, 0.3) is 0 Å². The number of rotatable bonds is 5. The second-order valence-corrected chi connectivity index (χ2v) is 7.04. The Kier molecular flexibility index (Phi) is 4.44. The first-order valence-electron chi connectivity index (χ1n) is 6.37. The molecule has 1 unspecified atom stereocenters. The first-order valence-corrected chi connectivity index (χ1v) is 7.98. The lowest BCUT2D eigenvalue weighted by atomic mass is 10.2. The van der Waals surface area contributed by atoms with Gasteiger partial charge < -0.3 is 10.5 Å². The van der Waals surface area contributed by atoms with Gasteiger partial charge in [-0.05, 0) is 30.5 Å². The predicted molar refractivity (Wildman–Crippen MR) is 75.1 cm³/mol. The van der Waals surface area contributed by atoms with E-state index in [0.717, 1.165) is 18.4 Å². The van der Waals surface area contributed by atoms with Crippen LogP contribution in [0.5, 0.6) is 0 Å². The molecular weight excluding hydrogens is 264 g/mol. The molecule has 1 aromatic rings. The van der Waals surface area contributed by atoms with Gasteiger partial charge in [-0.3, -0.25) is 0 Å². The number of hydrogen-bond donors (Lipinski definition) is 1. The molecule has 1 fully saturated rings. The third-order valence-electron chi connectivity index (χ3n) is 3.25. The van der Waals surface area contributed by atoms with Gasteiger partial charge in [0.05, 0.1) is 11.9 Å². The van der Waals surface area contributed by atoms with Crippen molar-refractivity contribution in [2.24, 2.45) is 0 Å². The van der Waals surface area contributed by atoms with Gasteiger partial charge in [-0.25, -0.2) is 12.7 Å². The van der Waals surface area contributed by atoms with Crippen LogP contribution in [0.2, 0.25) is 0 Å². The Morgan fingerprint density at radius 3 is 2.89 bits per heavy atom. The van der Waals surface area contributed by atoms with Gasteiger partial charge in [-0.2, -0.15) is 0 Å². The van der Waals surface area contributed by atoms with E-state index in [4.69, 9.17) is 10.5 Å². The first kappa shape index (κ1) is 14.3. The molecule has 0 aliphatic carbocycles. The topological polar surface area (TPSA) is 72.6 Å². The minimum Gasteiger partial charge on any atom is -0.399 e. The summed E-state index contributed by atoms with van der Waals surface area (Å²) in [6.45, 7) is 0.999. The van der Waals surface area contributed by atoms with E-state index < -0.39 is 10.0 Å². The summed E-state index contributed by atoms with van der Waals surface area (Å²) in [5, 5.41) is 0. The van der Waals surface area contributed by atoms with Gasteiger partial charge in [-0.1, -0.05) is 12.1 Å². The summed E-state index contributed by atoms with van der Waals surface area (Å²) >= 11 is 0. The van der Waals surface area contributed by atoms with E-state index in [9.17, 15) is 8.42 Å². The molecule has 0 aromatic heterocycles. The molecule has 1 aliphatic rings. The van der Waals surface area contributed by atoms with Crippen LogP contribution >= 0.6 is 0 Å². The van der Waals surface area contributed by atoms with Gasteiger partial charge in [0.1, 0.15) is 0 Å². The molecule has 1 aromatic carbocycles. The van der Waals surface area contributed by atoms with E-state index in [-0.39, 0.29) is 11.9 Å². The number of nitrogens with two attached hydrogens (primary N) is 1. The highest BCUT2D eigenvalue weighted by Crippen LogP contribution is 2.17. The Morgan fingerprint density at radius 1 is 1.47 bits per heavy atom. The fraction of sp³-hybridized carbons (Fsp3) is 0.538. The fourth-order valence-corrected chi connectivity index (χ4v) is 3.52. The van der Waals surface area contributed by atoms with E-state index in [1.807, 2.05) is 12.1 Å². The molecule has 106 valence electrons. The van der Waals surface area contributed by atoms with Crippen LogP contribution in [0.3, 0.4) is 0 Å². The summed E-state index contributed by atoms with van der Waals surface area (Å²) in [5.74, 6) is 0.0613. The standard InChI is InChI=1S/C13H20N2O3S/c1-15(9-11-4-2-5-12(14)8-11)19(16,17)10-13-6-3-7-18-13/h2,4-5,8,13H,3,6-7,9-10,14H2,1H3. The summed E-state index contributed by atoms with van der Waals surface area (Å²) in [7, 11) is -1.70. The molecule has 0 saturated carbocycles. The summed E-state index contributed by atoms with van der Waals surface area (Å²) < 4.78 is 31.1. The van der Waals surface area contributed by atoms with Crippen molar-refractivity contribution >= 4 is 15.7 Å². The lowest BCUT2D eigenvalue weighted by Crippen LogP contribution is -2.33. The number of nitrogen functional groups attached to an aromatic ring is 1. The van der Waals surface area contributed by atoms with Crippen molar-refractivity contribution in [1.82, 2.24) is 4.31 Å². The van der Waals surface area contributed by atoms with Crippen molar-refractivity contribution in [2.45, 2.75) is 25.5 Å². The minimum absolute atomic E-state index is 0.0613. The lowest BCUT2D eigenvalue weighted by molar-refractivity contribution is 0.126. The molecule has 1 aliphatic heterocycles. The molecule has 1 atom stereocenters. The summed E-state index contributed by atoms with van der Waals surface area (Å²) in [4.78, 5) is 0. The fourth-order valence-electron chi connectivity index (χ4n) is 2.18. The van der Waals surface area contributed by atoms with Crippen LogP contribution in [0.4, 0.5) is 5.69 Å². The van der Waals surface area contributed by atoms with E-state index in [2.05, 4.69) is 0 Å².